The molecule has 0 aromatic rings. The molecule has 0 spiro atoms. The number of hydrogen-bond donors (Lipinski definition) is 2. The van der Waals surface area contributed by atoms with Crippen molar-refractivity contribution in [3.05, 3.63) is 0 Å². The van der Waals surface area contributed by atoms with Crippen LogP contribution < -0.4 is 0 Å². The summed E-state index contributed by atoms with van der Waals surface area (Å²) in [6.45, 7) is 1.67. The zero-order chi connectivity index (χ0) is 5.86. The standard InChI is InChI=1S/C3H8O3Si/c1-2-7(6)3(4)5/h6-7H,2H2,1H3,(H,4,5). The van der Waals surface area contributed by atoms with Gasteiger partial charge >= 0.3 is 0 Å². The number of carbonyl (C=O) groups is 1. The Hall–Kier alpha value is -0.353. The van der Waals surface area contributed by atoms with Crippen LogP contribution in [0.25, 0.3) is 0 Å². The molecule has 0 aromatic carbocycles. The third-order valence-corrected chi connectivity index (χ3v) is 2.02. The normalized spacial score (nSPS) is 13.4. The first-order valence-electron chi connectivity index (χ1n) is 2.09. The van der Waals surface area contributed by atoms with Gasteiger partial charge < -0.3 is 9.90 Å². The highest BCUT2D eigenvalue weighted by atomic mass is 28.3. The van der Waals surface area contributed by atoms with E-state index in [9.17, 15) is 4.79 Å². The summed E-state index contributed by atoms with van der Waals surface area (Å²) in [5.74, 6) is 0. The van der Waals surface area contributed by atoms with E-state index in [4.69, 9.17) is 9.90 Å². The number of hydrogen-bond acceptors (Lipinski definition) is 2. The molecule has 0 aromatic heterocycles. The summed E-state index contributed by atoms with van der Waals surface area (Å²) in [5.41, 5.74) is -1.01. The Kier molecular flexibility index (Phi) is 2.62. The molecule has 2 N–H and O–H groups in total. The van der Waals surface area contributed by atoms with Crippen molar-refractivity contribution in [3.8, 4) is 0 Å². The lowest BCUT2D eigenvalue weighted by Crippen LogP contribution is -2.21. The molecule has 0 aliphatic carbocycles. The zero-order valence-electron chi connectivity index (χ0n) is 4.09. The lowest BCUT2D eigenvalue weighted by Gasteiger charge is -1.92. The topological polar surface area (TPSA) is 57.5 Å². The van der Waals surface area contributed by atoms with Crippen molar-refractivity contribution in [3.63, 3.8) is 0 Å². The van der Waals surface area contributed by atoms with Crippen LogP contribution in [0.1, 0.15) is 6.92 Å². The van der Waals surface area contributed by atoms with E-state index >= 15 is 0 Å². The van der Waals surface area contributed by atoms with E-state index in [2.05, 4.69) is 0 Å². The summed E-state index contributed by atoms with van der Waals surface area (Å²) in [4.78, 5) is 18.2. The van der Waals surface area contributed by atoms with Gasteiger partial charge in [-0.25, -0.2) is 0 Å². The second-order valence-corrected chi connectivity index (χ2v) is 3.60. The molecule has 0 amide bonds. The molecule has 0 fully saturated rings. The molecule has 7 heavy (non-hydrogen) atoms. The minimum absolute atomic E-state index is 0.412. The van der Waals surface area contributed by atoms with E-state index in [0.29, 0.717) is 6.04 Å². The van der Waals surface area contributed by atoms with Crippen LogP contribution in [-0.4, -0.2) is 24.5 Å². The third kappa shape index (κ3) is 2.36. The zero-order valence-corrected chi connectivity index (χ0v) is 5.24. The summed E-state index contributed by atoms with van der Waals surface area (Å²) in [7, 11) is -2.34. The van der Waals surface area contributed by atoms with Crippen molar-refractivity contribution >= 4 is 14.6 Å². The Bertz CT molecular complexity index is 72.6. The second-order valence-electron chi connectivity index (χ2n) is 1.26. The van der Waals surface area contributed by atoms with Gasteiger partial charge in [-0.1, -0.05) is 6.92 Å². The van der Waals surface area contributed by atoms with Crippen molar-refractivity contribution in [1.82, 2.24) is 0 Å². The minimum atomic E-state index is -2.34. The monoisotopic (exact) mass is 120 g/mol. The predicted octanol–water partition coefficient (Wildman–Crippen LogP) is -0.0179. The van der Waals surface area contributed by atoms with Gasteiger partial charge in [0, 0.05) is 0 Å². The van der Waals surface area contributed by atoms with E-state index in [-0.39, 0.29) is 0 Å². The van der Waals surface area contributed by atoms with Gasteiger partial charge in [0.2, 0.25) is 0 Å². The SMILES string of the molecule is CC[SiH](O)C(=O)O. The highest BCUT2D eigenvalue weighted by molar-refractivity contribution is 6.82. The fourth-order valence-electron chi connectivity index (χ4n) is 0.175. The van der Waals surface area contributed by atoms with Crippen LogP contribution in [0, 0.1) is 0 Å². The van der Waals surface area contributed by atoms with Crippen LogP contribution >= 0.6 is 0 Å². The van der Waals surface area contributed by atoms with Gasteiger partial charge in [0.25, 0.3) is 14.6 Å². The van der Waals surface area contributed by atoms with Gasteiger partial charge in [0.05, 0.1) is 0 Å². The Labute approximate surface area is 43.3 Å². The second kappa shape index (κ2) is 2.76. The highest BCUT2D eigenvalue weighted by Gasteiger charge is 2.11. The van der Waals surface area contributed by atoms with Gasteiger partial charge in [-0.05, 0) is 6.04 Å². The number of rotatable bonds is 2. The molecule has 4 heteroatoms. The van der Waals surface area contributed by atoms with E-state index in [1.807, 2.05) is 0 Å². The maximum Gasteiger partial charge on any atom is 0.299 e. The lowest BCUT2D eigenvalue weighted by molar-refractivity contribution is 0.215. The predicted molar refractivity (Wildman–Crippen MR) is 27.9 cm³/mol. The Morgan fingerprint density at radius 1 is 1.86 bits per heavy atom. The first kappa shape index (κ1) is 6.65. The van der Waals surface area contributed by atoms with E-state index in [1.54, 1.807) is 6.92 Å². The molecular weight excluding hydrogens is 112 g/mol. The maximum absolute atomic E-state index is 9.74. The van der Waals surface area contributed by atoms with E-state index < -0.39 is 14.6 Å². The molecular formula is C3H8O3Si. The fraction of sp³-hybridized carbons (Fsp3) is 0.667. The van der Waals surface area contributed by atoms with Crippen LogP contribution in [0.4, 0.5) is 4.79 Å². The Morgan fingerprint density at radius 2 is 2.29 bits per heavy atom. The molecule has 0 rings (SSSR count). The average Bonchev–Trinajstić information content (AvgIpc) is 1.65. The minimum Gasteiger partial charge on any atom is -0.484 e. The van der Waals surface area contributed by atoms with Crippen LogP contribution in [0.2, 0.25) is 6.04 Å². The smallest absolute Gasteiger partial charge is 0.299 e. The molecule has 0 radical (unpaired) electrons. The third-order valence-electron chi connectivity index (χ3n) is 0.672. The highest BCUT2D eigenvalue weighted by Crippen LogP contribution is 1.84. The Morgan fingerprint density at radius 3 is 2.29 bits per heavy atom. The first-order valence-corrected chi connectivity index (χ1v) is 4.00. The summed E-state index contributed by atoms with van der Waals surface area (Å²) in [6, 6.07) is 0.412. The first-order chi connectivity index (χ1) is 3.18. The van der Waals surface area contributed by atoms with Crippen LogP contribution in [-0.2, 0) is 0 Å². The number of carboxylic acid groups (broad SMARTS) is 1. The summed E-state index contributed by atoms with van der Waals surface area (Å²) in [5, 5.41) is 7.99. The van der Waals surface area contributed by atoms with Crippen molar-refractivity contribution < 1.29 is 14.7 Å². The summed E-state index contributed by atoms with van der Waals surface area (Å²) in [6.07, 6.45) is 0. The molecule has 0 saturated heterocycles. The van der Waals surface area contributed by atoms with E-state index in [0.717, 1.165) is 0 Å². The van der Waals surface area contributed by atoms with Gasteiger partial charge in [0.1, 0.15) is 0 Å². The lowest BCUT2D eigenvalue weighted by atomic mass is 11.0. The molecule has 1 unspecified atom stereocenters. The van der Waals surface area contributed by atoms with Crippen LogP contribution in [0.15, 0.2) is 0 Å². The quantitative estimate of drug-likeness (QED) is 0.503. The van der Waals surface area contributed by atoms with Gasteiger partial charge in [0.15, 0.2) is 0 Å². The van der Waals surface area contributed by atoms with Crippen LogP contribution in [0.3, 0.4) is 0 Å². The molecule has 0 aliphatic rings. The summed E-state index contributed by atoms with van der Waals surface area (Å²) >= 11 is 0. The molecule has 0 saturated carbocycles. The van der Waals surface area contributed by atoms with Crippen molar-refractivity contribution in [1.29, 1.82) is 0 Å². The molecule has 0 aliphatic heterocycles. The van der Waals surface area contributed by atoms with Gasteiger partial charge in [-0.2, -0.15) is 0 Å². The maximum atomic E-state index is 9.74. The molecule has 0 heterocycles. The summed E-state index contributed by atoms with van der Waals surface area (Å²) < 4.78 is 0. The molecule has 42 valence electrons. The van der Waals surface area contributed by atoms with Crippen molar-refractivity contribution in [2.45, 2.75) is 13.0 Å². The molecule has 1 atom stereocenters. The largest absolute Gasteiger partial charge is 0.484 e. The van der Waals surface area contributed by atoms with Crippen LogP contribution in [0.5, 0.6) is 0 Å². The van der Waals surface area contributed by atoms with Crippen molar-refractivity contribution in [2.24, 2.45) is 0 Å². The van der Waals surface area contributed by atoms with Gasteiger partial charge in [-0.15, -0.1) is 0 Å². The van der Waals surface area contributed by atoms with E-state index in [1.165, 1.54) is 0 Å². The fourth-order valence-corrected chi connectivity index (χ4v) is 0.524. The molecule has 0 bridgehead atoms. The average molecular weight is 120 g/mol. The Balaban J connectivity index is 3.34. The van der Waals surface area contributed by atoms with Gasteiger partial charge in [-0.3, -0.25) is 4.79 Å². The molecule has 3 nitrogen and oxygen atoms in total. The van der Waals surface area contributed by atoms with Crippen molar-refractivity contribution in [2.75, 3.05) is 0 Å².